The summed E-state index contributed by atoms with van der Waals surface area (Å²) in [7, 11) is 3.13. The summed E-state index contributed by atoms with van der Waals surface area (Å²) in [5.41, 5.74) is 0.563. The van der Waals surface area contributed by atoms with Crippen LogP contribution in [0.25, 0.3) is 0 Å². The molecule has 2 aliphatic rings. The molecule has 2 fully saturated rings. The third-order valence-corrected chi connectivity index (χ3v) is 6.35. The molecule has 9 nitrogen and oxygen atoms in total. The van der Waals surface area contributed by atoms with Gasteiger partial charge in [-0.05, 0) is 30.3 Å². The zero-order chi connectivity index (χ0) is 24.6. The number of hydrogen-bond acceptors (Lipinski definition) is 7. The monoisotopic (exact) mass is 483 g/mol. The highest BCUT2D eigenvalue weighted by atomic mass is 16.5. The fourth-order valence-electron chi connectivity index (χ4n) is 4.39. The average molecular weight is 484 g/mol. The van der Waals surface area contributed by atoms with E-state index in [1.807, 2.05) is 40.1 Å². The highest BCUT2D eigenvalue weighted by Crippen LogP contribution is 2.28. The molecule has 9 heteroatoms. The third-order valence-electron chi connectivity index (χ3n) is 6.35. The molecule has 0 saturated carbocycles. The summed E-state index contributed by atoms with van der Waals surface area (Å²) in [6.07, 6.45) is -0.0727. The number of nitrogens with zero attached hydrogens (tertiary/aromatic N) is 3. The van der Waals surface area contributed by atoms with E-state index in [1.165, 1.54) is 0 Å². The predicted molar refractivity (Wildman–Crippen MR) is 130 cm³/mol. The molecule has 2 amide bonds. The molecular formula is C26H33N3O6. The molecule has 1 atom stereocenters. The Morgan fingerprint density at radius 2 is 1.66 bits per heavy atom. The second kappa shape index (κ2) is 11.9. The van der Waals surface area contributed by atoms with Gasteiger partial charge in [0, 0.05) is 51.4 Å². The van der Waals surface area contributed by atoms with Gasteiger partial charge in [-0.3, -0.25) is 14.5 Å². The van der Waals surface area contributed by atoms with Crippen LogP contribution in [0.2, 0.25) is 0 Å². The van der Waals surface area contributed by atoms with Gasteiger partial charge in [0.2, 0.25) is 0 Å². The van der Waals surface area contributed by atoms with E-state index in [0.717, 1.165) is 19.6 Å². The molecule has 4 rings (SSSR count). The molecule has 2 aliphatic heterocycles. The highest BCUT2D eigenvalue weighted by molar-refractivity contribution is 5.95. The van der Waals surface area contributed by atoms with Crippen LogP contribution in [0.1, 0.15) is 10.4 Å². The molecule has 2 saturated heterocycles. The van der Waals surface area contributed by atoms with Gasteiger partial charge in [-0.25, -0.2) is 0 Å². The van der Waals surface area contributed by atoms with Gasteiger partial charge in [0.05, 0.1) is 26.9 Å². The van der Waals surface area contributed by atoms with E-state index in [4.69, 9.17) is 18.9 Å². The van der Waals surface area contributed by atoms with Gasteiger partial charge < -0.3 is 28.7 Å². The molecular weight excluding hydrogens is 450 g/mol. The standard InChI is InChI=1S/C26H33N3O6/c1-32-23-9-8-20(16-24(23)33-2)26(31)29-14-15-34-22(18-29)17-27-10-12-28(13-11-27)25(30)19-35-21-6-4-3-5-7-21/h3-9,16,22H,10-15,17-19H2,1-2H3. The lowest BCUT2D eigenvalue weighted by molar-refractivity contribution is -0.135. The van der Waals surface area contributed by atoms with Crippen molar-refractivity contribution in [1.82, 2.24) is 14.7 Å². The van der Waals surface area contributed by atoms with Crippen molar-refractivity contribution in [3.05, 3.63) is 54.1 Å². The Bertz CT molecular complexity index is 994. The molecule has 0 aromatic heterocycles. The smallest absolute Gasteiger partial charge is 0.260 e. The minimum absolute atomic E-state index is 0.00545. The van der Waals surface area contributed by atoms with Crippen LogP contribution in [0.4, 0.5) is 0 Å². The van der Waals surface area contributed by atoms with E-state index >= 15 is 0 Å². The highest BCUT2D eigenvalue weighted by Gasteiger charge is 2.29. The number of morpholine rings is 1. The second-order valence-electron chi connectivity index (χ2n) is 8.60. The third kappa shape index (κ3) is 6.43. The van der Waals surface area contributed by atoms with Crippen molar-refractivity contribution >= 4 is 11.8 Å². The molecule has 0 N–H and O–H groups in total. The van der Waals surface area contributed by atoms with Crippen LogP contribution in [0.3, 0.4) is 0 Å². The maximum Gasteiger partial charge on any atom is 0.260 e. The van der Waals surface area contributed by atoms with Crippen LogP contribution in [0, 0.1) is 0 Å². The summed E-state index contributed by atoms with van der Waals surface area (Å²) in [6.45, 7) is 5.17. The zero-order valence-corrected chi connectivity index (χ0v) is 20.4. The van der Waals surface area contributed by atoms with Crippen molar-refractivity contribution in [3.8, 4) is 17.2 Å². The molecule has 0 radical (unpaired) electrons. The SMILES string of the molecule is COc1ccc(C(=O)N2CCOC(CN3CCN(C(=O)COc4ccccc4)CC3)C2)cc1OC. The number of para-hydroxylation sites is 1. The Labute approximate surface area is 206 Å². The summed E-state index contributed by atoms with van der Waals surface area (Å²) in [5.74, 6) is 1.77. The van der Waals surface area contributed by atoms with E-state index in [1.54, 1.807) is 32.4 Å². The van der Waals surface area contributed by atoms with E-state index in [0.29, 0.717) is 55.6 Å². The van der Waals surface area contributed by atoms with Crippen LogP contribution in [0.5, 0.6) is 17.2 Å². The number of piperazine rings is 1. The molecule has 0 aliphatic carbocycles. The van der Waals surface area contributed by atoms with Gasteiger partial charge in [-0.1, -0.05) is 18.2 Å². The van der Waals surface area contributed by atoms with Crippen molar-refractivity contribution in [2.75, 3.05) is 73.2 Å². The van der Waals surface area contributed by atoms with Gasteiger partial charge >= 0.3 is 0 Å². The lowest BCUT2D eigenvalue weighted by Gasteiger charge is -2.39. The quantitative estimate of drug-likeness (QED) is 0.566. The largest absolute Gasteiger partial charge is 0.493 e. The molecule has 0 spiro atoms. The van der Waals surface area contributed by atoms with Gasteiger partial charge in [0.1, 0.15) is 5.75 Å². The van der Waals surface area contributed by atoms with E-state index < -0.39 is 0 Å². The van der Waals surface area contributed by atoms with Gasteiger partial charge in [-0.15, -0.1) is 0 Å². The lowest BCUT2D eigenvalue weighted by Crippen LogP contribution is -2.54. The van der Waals surface area contributed by atoms with Gasteiger partial charge in [0.25, 0.3) is 11.8 Å². The number of carbonyl (C=O) groups is 2. The van der Waals surface area contributed by atoms with Crippen LogP contribution in [0.15, 0.2) is 48.5 Å². The van der Waals surface area contributed by atoms with Gasteiger partial charge in [-0.2, -0.15) is 0 Å². The average Bonchev–Trinajstić information content (AvgIpc) is 2.92. The molecule has 2 aromatic rings. The Kier molecular flexibility index (Phi) is 8.44. The van der Waals surface area contributed by atoms with Crippen molar-refractivity contribution in [1.29, 1.82) is 0 Å². The van der Waals surface area contributed by atoms with Crippen LogP contribution >= 0.6 is 0 Å². The number of methoxy groups -OCH3 is 2. The number of benzene rings is 2. The first-order valence-corrected chi connectivity index (χ1v) is 11.9. The number of ether oxygens (including phenoxy) is 4. The van der Waals surface area contributed by atoms with Crippen molar-refractivity contribution in [2.45, 2.75) is 6.10 Å². The first-order chi connectivity index (χ1) is 17.1. The minimum Gasteiger partial charge on any atom is -0.493 e. The summed E-state index contributed by atoms with van der Waals surface area (Å²) in [5, 5.41) is 0. The fraction of sp³-hybridized carbons (Fsp3) is 0.462. The Morgan fingerprint density at radius 3 is 2.37 bits per heavy atom. The topological polar surface area (TPSA) is 80.8 Å². The summed E-state index contributed by atoms with van der Waals surface area (Å²) < 4.78 is 22.2. The summed E-state index contributed by atoms with van der Waals surface area (Å²) in [6, 6.07) is 14.6. The number of rotatable bonds is 8. The van der Waals surface area contributed by atoms with E-state index in [9.17, 15) is 9.59 Å². The molecule has 2 aromatic carbocycles. The lowest BCUT2D eigenvalue weighted by atomic mass is 10.1. The van der Waals surface area contributed by atoms with Crippen molar-refractivity contribution in [3.63, 3.8) is 0 Å². The maximum absolute atomic E-state index is 13.1. The van der Waals surface area contributed by atoms with Gasteiger partial charge in [0.15, 0.2) is 18.1 Å². The van der Waals surface area contributed by atoms with Crippen molar-refractivity contribution < 1.29 is 28.5 Å². The molecule has 1 unspecified atom stereocenters. The fourth-order valence-corrected chi connectivity index (χ4v) is 4.39. The molecule has 188 valence electrons. The van der Waals surface area contributed by atoms with Crippen LogP contribution in [-0.4, -0.2) is 106 Å². The zero-order valence-electron chi connectivity index (χ0n) is 20.4. The van der Waals surface area contributed by atoms with E-state index in [2.05, 4.69) is 4.90 Å². The first kappa shape index (κ1) is 24.8. The Morgan fingerprint density at radius 1 is 0.914 bits per heavy atom. The number of amides is 2. The maximum atomic E-state index is 13.1. The Hall–Kier alpha value is -3.30. The van der Waals surface area contributed by atoms with Crippen LogP contribution in [-0.2, 0) is 9.53 Å². The number of carbonyl (C=O) groups excluding carboxylic acids is 2. The first-order valence-electron chi connectivity index (χ1n) is 11.9. The second-order valence-corrected chi connectivity index (χ2v) is 8.60. The molecule has 35 heavy (non-hydrogen) atoms. The molecule has 2 heterocycles. The molecule has 0 bridgehead atoms. The van der Waals surface area contributed by atoms with Crippen molar-refractivity contribution in [2.24, 2.45) is 0 Å². The number of hydrogen-bond donors (Lipinski definition) is 0. The summed E-state index contributed by atoms with van der Waals surface area (Å²) in [4.78, 5) is 31.6. The normalized spacial score (nSPS) is 18.7. The van der Waals surface area contributed by atoms with Crippen LogP contribution < -0.4 is 14.2 Å². The predicted octanol–water partition coefficient (Wildman–Crippen LogP) is 1.77. The minimum atomic E-state index is -0.0727. The summed E-state index contributed by atoms with van der Waals surface area (Å²) >= 11 is 0. The Balaban J connectivity index is 1.24. The van der Waals surface area contributed by atoms with E-state index in [-0.39, 0.29) is 24.5 Å².